The first-order chi connectivity index (χ1) is 7.17. The van der Waals surface area contributed by atoms with Crippen molar-refractivity contribution in [2.75, 3.05) is 13.2 Å². The molecule has 0 fully saturated rings. The fraction of sp³-hybridized carbons (Fsp3) is 0.556. The maximum Gasteiger partial charge on any atom is 0.350 e. The molecule has 0 radical (unpaired) electrons. The molecule has 1 aromatic heterocycles. The number of aliphatic hydroxyl groups is 2. The van der Waals surface area contributed by atoms with Crippen molar-refractivity contribution in [1.29, 1.82) is 0 Å². The average Bonchev–Trinajstić information content (AvgIpc) is 2.22. The molecular weight excluding hydrogens is 200 g/mol. The van der Waals surface area contributed by atoms with Crippen LogP contribution in [-0.4, -0.2) is 39.1 Å². The highest BCUT2D eigenvalue weighted by Gasteiger charge is 2.06. The summed E-state index contributed by atoms with van der Waals surface area (Å²) < 4.78 is 6.25. The van der Waals surface area contributed by atoms with Crippen LogP contribution in [0, 0.1) is 0 Å². The van der Waals surface area contributed by atoms with Gasteiger partial charge < -0.3 is 14.9 Å². The van der Waals surface area contributed by atoms with E-state index < -0.39 is 11.8 Å². The molecule has 0 amide bonds. The van der Waals surface area contributed by atoms with Gasteiger partial charge in [-0.05, 0) is 6.92 Å². The molecule has 0 aliphatic rings. The van der Waals surface area contributed by atoms with Crippen LogP contribution in [0.4, 0.5) is 0 Å². The van der Waals surface area contributed by atoms with Gasteiger partial charge >= 0.3 is 5.69 Å². The van der Waals surface area contributed by atoms with Crippen molar-refractivity contribution in [1.82, 2.24) is 9.55 Å². The molecule has 1 aromatic rings. The second-order valence-corrected chi connectivity index (χ2v) is 2.97. The molecule has 1 atom stereocenters. The zero-order valence-corrected chi connectivity index (χ0v) is 8.46. The highest BCUT2D eigenvalue weighted by molar-refractivity contribution is 5.05. The van der Waals surface area contributed by atoms with E-state index in [0.29, 0.717) is 6.61 Å². The summed E-state index contributed by atoms with van der Waals surface area (Å²) in [5.74, 6) is 0.261. The van der Waals surface area contributed by atoms with Gasteiger partial charge in [0.15, 0.2) is 0 Å². The molecule has 0 aliphatic carbocycles. The van der Waals surface area contributed by atoms with Crippen LogP contribution >= 0.6 is 0 Å². The molecule has 2 N–H and O–H groups in total. The van der Waals surface area contributed by atoms with Gasteiger partial charge in [0, 0.05) is 12.3 Å². The van der Waals surface area contributed by atoms with Crippen LogP contribution in [0.5, 0.6) is 5.88 Å². The van der Waals surface area contributed by atoms with Crippen LogP contribution in [-0.2, 0) is 6.54 Å². The summed E-state index contributed by atoms with van der Waals surface area (Å²) in [6.07, 6.45) is 0.515. The Hall–Kier alpha value is -1.40. The summed E-state index contributed by atoms with van der Waals surface area (Å²) in [5.41, 5.74) is -0.506. The Labute approximate surface area is 86.8 Å². The lowest BCUT2D eigenvalue weighted by Gasteiger charge is -2.09. The molecule has 84 valence electrons. The first-order valence-corrected chi connectivity index (χ1v) is 4.66. The predicted octanol–water partition coefficient (Wildman–Crippen LogP) is -1.00. The Morgan fingerprint density at radius 3 is 2.93 bits per heavy atom. The van der Waals surface area contributed by atoms with Gasteiger partial charge in [0.05, 0.1) is 25.9 Å². The minimum absolute atomic E-state index is 0.0226. The molecular formula is C9H14N2O4. The number of ether oxygens (including phenoxy) is 1. The first kappa shape index (κ1) is 11.7. The number of hydrogen-bond donors (Lipinski definition) is 2. The molecule has 1 rings (SSSR count). The standard InChI is InChI=1S/C9H14N2O4/c1-2-15-8-3-4-11(9(14)10-8)5-7(13)6-12/h3-4,7,12-13H,2,5-6H2,1H3. The Morgan fingerprint density at radius 2 is 2.40 bits per heavy atom. The third-order valence-corrected chi connectivity index (χ3v) is 1.76. The van der Waals surface area contributed by atoms with Crippen molar-refractivity contribution in [3.63, 3.8) is 0 Å². The molecule has 15 heavy (non-hydrogen) atoms. The van der Waals surface area contributed by atoms with E-state index in [0.717, 1.165) is 0 Å². The number of aliphatic hydroxyl groups excluding tert-OH is 2. The summed E-state index contributed by atoms with van der Waals surface area (Å²) in [5, 5.41) is 17.8. The maximum absolute atomic E-state index is 11.3. The largest absolute Gasteiger partial charge is 0.478 e. The molecule has 1 unspecified atom stereocenters. The Kier molecular flexibility index (Phi) is 4.26. The zero-order chi connectivity index (χ0) is 11.3. The third kappa shape index (κ3) is 3.34. The minimum atomic E-state index is -0.956. The van der Waals surface area contributed by atoms with Gasteiger partial charge in [-0.15, -0.1) is 0 Å². The van der Waals surface area contributed by atoms with Crippen LogP contribution in [0.3, 0.4) is 0 Å². The van der Waals surface area contributed by atoms with Gasteiger partial charge in [0.1, 0.15) is 0 Å². The van der Waals surface area contributed by atoms with E-state index in [2.05, 4.69) is 4.98 Å². The highest BCUT2D eigenvalue weighted by atomic mass is 16.5. The summed E-state index contributed by atoms with van der Waals surface area (Å²) >= 11 is 0. The zero-order valence-electron chi connectivity index (χ0n) is 8.46. The second kappa shape index (κ2) is 5.47. The normalized spacial score (nSPS) is 12.5. The summed E-state index contributed by atoms with van der Waals surface area (Å²) in [4.78, 5) is 15.0. The Balaban J connectivity index is 2.79. The van der Waals surface area contributed by atoms with E-state index in [4.69, 9.17) is 14.9 Å². The molecule has 0 bridgehead atoms. The van der Waals surface area contributed by atoms with E-state index >= 15 is 0 Å². The van der Waals surface area contributed by atoms with Gasteiger partial charge in [0.25, 0.3) is 0 Å². The smallest absolute Gasteiger partial charge is 0.350 e. The van der Waals surface area contributed by atoms with Crippen molar-refractivity contribution in [3.8, 4) is 5.88 Å². The van der Waals surface area contributed by atoms with E-state index in [1.165, 1.54) is 16.8 Å². The highest BCUT2D eigenvalue weighted by Crippen LogP contribution is 2.00. The molecule has 0 aliphatic heterocycles. The van der Waals surface area contributed by atoms with Gasteiger partial charge in [-0.25, -0.2) is 4.79 Å². The van der Waals surface area contributed by atoms with Gasteiger partial charge in [-0.3, -0.25) is 4.57 Å². The number of rotatable bonds is 5. The van der Waals surface area contributed by atoms with E-state index in [-0.39, 0.29) is 19.0 Å². The number of hydrogen-bond acceptors (Lipinski definition) is 5. The molecule has 0 spiro atoms. The van der Waals surface area contributed by atoms with Crippen molar-refractivity contribution in [3.05, 3.63) is 22.7 Å². The molecule has 0 saturated carbocycles. The molecule has 0 saturated heterocycles. The van der Waals surface area contributed by atoms with E-state index in [9.17, 15) is 4.79 Å². The van der Waals surface area contributed by atoms with Gasteiger partial charge in [-0.2, -0.15) is 4.98 Å². The van der Waals surface area contributed by atoms with Crippen molar-refractivity contribution in [2.24, 2.45) is 0 Å². The molecule has 6 nitrogen and oxygen atoms in total. The Bertz CT molecular complexity index is 363. The van der Waals surface area contributed by atoms with Crippen LogP contribution in [0.2, 0.25) is 0 Å². The van der Waals surface area contributed by atoms with Crippen LogP contribution < -0.4 is 10.4 Å². The topological polar surface area (TPSA) is 84.6 Å². The lowest BCUT2D eigenvalue weighted by molar-refractivity contribution is 0.0799. The van der Waals surface area contributed by atoms with Crippen molar-refractivity contribution in [2.45, 2.75) is 19.6 Å². The average molecular weight is 214 g/mol. The fourth-order valence-electron chi connectivity index (χ4n) is 1.07. The lowest BCUT2D eigenvalue weighted by Crippen LogP contribution is -2.29. The van der Waals surface area contributed by atoms with E-state index in [1.807, 2.05) is 0 Å². The number of aromatic nitrogens is 2. The van der Waals surface area contributed by atoms with Crippen LogP contribution in [0.25, 0.3) is 0 Å². The summed E-state index contributed by atoms with van der Waals surface area (Å²) in [7, 11) is 0. The Morgan fingerprint density at radius 1 is 1.67 bits per heavy atom. The quantitative estimate of drug-likeness (QED) is 0.656. The van der Waals surface area contributed by atoms with Crippen LogP contribution in [0.15, 0.2) is 17.1 Å². The summed E-state index contributed by atoms with van der Waals surface area (Å²) in [6, 6.07) is 1.54. The first-order valence-electron chi connectivity index (χ1n) is 4.66. The minimum Gasteiger partial charge on any atom is -0.478 e. The van der Waals surface area contributed by atoms with Crippen LogP contribution in [0.1, 0.15) is 6.92 Å². The lowest BCUT2D eigenvalue weighted by atomic mass is 10.4. The predicted molar refractivity (Wildman–Crippen MR) is 52.8 cm³/mol. The van der Waals surface area contributed by atoms with Gasteiger partial charge in [0.2, 0.25) is 5.88 Å². The molecule has 0 aromatic carbocycles. The monoisotopic (exact) mass is 214 g/mol. The molecule has 1 heterocycles. The van der Waals surface area contributed by atoms with Crippen molar-refractivity contribution >= 4 is 0 Å². The third-order valence-electron chi connectivity index (χ3n) is 1.76. The molecule has 6 heteroatoms. The second-order valence-electron chi connectivity index (χ2n) is 2.97. The summed E-state index contributed by atoms with van der Waals surface area (Å²) in [6.45, 7) is 1.87. The fourth-order valence-corrected chi connectivity index (χ4v) is 1.07. The van der Waals surface area contributed by atoms with Crippen molar-refractivity contribution < 1.29 is 14.9 Å². The van der Waals surface area contributed by atoms with E-state index in [1.54, 1.807) is 6.92 Å². The SMILES string of the molecule is CCOc1ccn(CC(O)CO)c(=O)n1. The number of nitrogens with zero attached hydrogens (tertiary/aromatic N) is 2. The van der Waals surface area contributed by atoms with Gasteiger partial charge in [-0.1, -0.05) is 0 Å². The maximum atomic E-state index is 11.3.